The van der Waals surface area contributed by atoms with Crippen LogP contribution in [0.4, 0.5) is 0 Å². The van der Waals surface area contributed by atoms with Gasteiger partial charge in [0.25, 0.3) is 0 Å². The Morgan fingerprint density at radius 3 is 2.63 bits per heavy atom. The van der Waals surface area contributed by atoms with Gasteiger partial charge < -0.3 is 10.1 Å². The molecule has 0 aliphatic carbocycles. The highest BCUT2D eigenvalue weighted by Gasteiger charge is 2.19. The molecule has 1 aliphatic rings. The Hall–Kier alpha value is -0.900. The Morgan fingerprint density at radius 2 is 2.00 bits per heavy atom. The van der Waals surface area contributed by atoms with Crippen LogP contribution >= 0.6 is 0 Å². The van der Waals surface area contributed by atoms with Crippen molar-refractivity contribution in [2.75, 3.05) is 33.4 Å². The first-order chi connectivity index (χ1) is 9.29. The van der Waals surface area contributed by atoms with E-state index in [1.54, 1.807) is 0 Å². The van der Waals surface area contributed by atoms with Crippen molar-refractivity contribution in [2.24, 2.45) is 0 Å². The van der Waals surface area contributed by atoms with Crippen LogP contribution in [0.1, 0.15) is 24.5 Å². The SMILES string of the molecule is CCNCCc1ccc(CN(C)C2CCOC2)cc1. The van der Waals surface area contributed by atoms with Crippen molar-refractivity contribution < 1.29 is 4.74 Å². The predicted molar refractivity (Wildman–Crippen MR) is 79.4 cm³/mol. The zero-order valence-electron chi connectivity index (χ0n) is 12.2. The molecule has 0 saturated carbocycles. The number of nitrogens with zero attached hydrogens (tertiary/aromatic N) is 1. The summed E-state index contributed by atoms with van der Waals surface area (Å²) in [6.45, 7) is 7.07. The Morgan fingerprint density at radius 1 is 1.26 bits per heavy atom. The van der Waals surface area contributed by atoms with Crippen LogP contribution in [0.25, 0.3) is 0 Å². The molecular weight excluding hydrogens is 236 g/mol. The van der Waals surface area contributed by atoms with Gasteiger partial charge in [0.15, 0.2) is 0 Å². The molecule has 3 nitrogen and oxygen atoms in total. The molecule has 0 bridgehead atoms. The van der Waals surface area contributed by atoms with Gasteiger partial charge in [0.05, 0.1) is 6.61 Å². The maximum Gasteiger partial charge on any atom is 0.0622 e. The van der Waals surface area contributed by atoms with Crippen molar-refractivity contribution in [2.45, 2.75) is 32.4 Å². The van der Waals surface area contributed by atoms with Gasteiger partial charge in [-0.15, -0.1) is 0 Å². The van der Waals surface area contributed by atoms with Gasteiger partial charge in [-0.3, -0.25) is 4.90 Å². The molecule has 1 heterocycles. The fourth-order valence-electron chi connectivity index (χ4n) is 2.51. The van der Waals surface area contributed by atoms with Gasteiger partial charge in [-0.25, -0.2) is 0 Å². The van der Waals surface area contributed by atoms with Crippen molar-refractivity contribution in [1.82, 2.24) is 10.2 Å². The molecule has 1 aromatic carbocycles. The minimum absolute atomic E-state index is 0.591. The lowest BCUT2D eigenvalue weighted by Crippen LogP contribution is -2.31. The van der Waals surface area contributed by atoms with E-state index in [4.69, 9.17) is 4.74 Å². The first-order valence-corrected chi connectivity index (χ1v) is 7.36. The van der Waals surface area contributed by atoms with Crippen LogP contribution < -0.4 is 5.32 Å². The van der Waals surface area contributed by atoms with E-state index in [-0.39, 0.29) is 0 Å². The fourth-order valence-corrected chi connectivity index (χ4v) is 2.51. The average molecular weight is 262 g/mol. The zero-order chi connectivity index (χ0) is 13.5. The topological polar surface area (TPSA) is 24.5 Å². The van der Waals surface area contributed by atoms with Gasteiger partial charge in [-0.1, -0.05) is 31.2 Å². The number of nitrogens with one attached hydrogen (secondary N) is 1. The van der Waals surface area contributed by atoms with Crippen LogP contribution in [0.5, 0.6) is 0 Å². The number of hydrogen-bond acceptors (Lipinski definition) is 3. The molecule has 1 fully saturated rings. The Labute approximate surface area is 116 Å². The number of likely N-dealkylation sites (N-methyl/N-ethyl adjacent to an activating group) is 2. The fraction of sp³-hybridized carbons (Fsp3) is 0.625. The third kappa shape index (κ3) is 4.60. The molecule has 19 heavy (non-hydrogen) atoms. The molecule has 0 aromatic heterocycles. The Bertz CT molecular complexity index is 358. The Kier molecular flexibility index (Phi) is 5.83. The summed E-state index contributed by atoms with van der Waals surface area (Å²) in [7, 11) is 2.19. The molecular formula is C16H26N2O. The maximum absolute atomic E-state index is 5.44. The van der Waals surface area contributed by atoms with Crippen molar-refractivity contribution >= 4 is 0 Å². The van der Waals surface area contributed by atoms with Crippen LogP contribution in [-0.2, 0) is 17.7 Å². The van der Waals surface area contributed by atoms with Gasteiger partial charge >= 0.3 is 0 Å². The maximum atomic E-state index is 5.44. The Balaban J connectivity index is 1.80. The summed E-state index contributed by atoms with van der Waals surface area (Å²) in [4.78, 5) is 2.40. The molecule has 106 valence electrons. The van der Waals surface area contributed by atoms with Crippen molar-refractivity contribution in [3.05, 3.63) is 35.4 Å². The smallest absolute Gasteiger partial charge is 0.0622 e. The number of hydrogen-bond donors (Lipinski definition) is 1. The molecule has 1 aromatic rings. The molecule has 0 amide bonds. The van der Waals surface area contributed by atoms with Gasteiger partial charge in [0, 0.05) is 19.2 Å². The first kappa shape index (κ1) is 14.5. The second-order valence-electron chi connectivity index (χ2n) is 5.35. The first-order valence-electron chi connectivity index (χ1n) is 7.36. The second-order valence-corrected chi connectivity index (χ2v) is 5.35. The van der Waals surface area contributed by atoms with Gasteiger partial charge in [-0.2, -0.15) is 0 Å². The highest BCUT2D eigenvalue weighted by molar-refractivity contribution is 5.22. The summed E-state index contributed by atoms with van der Waals surface area (Å²) in [5.74, 6) is 0. The van der Waals surface area contributed by atoms with E-state index in [2.05, 4.69) is 48.5 Å². The van der Waals surface area contributed by atoms with Crippen LogP contribution in [0.3, 0.4) is 0 Å². The van der Waals surface area contributed by atoms with Crippen LogP contribution in [0.2, 0.25) is 0 Å². The van der Waals surface area contributed by atoms with E-state index in [1.165, 1.54) is 11.1 Å². The van der Waals surface area contributed by atoms with Gasteiger partial charge in [0.2, 0.25) is 0 Å². The van der Waals surface area contributed by atoms with E-state index in [0.29, 0.717) is 6.04 Å². The van der Waals surface area contributed by atoms with E-state index in [1.807, 2.05) is 0 Å². The van der Waals surface area contributed by atoms with Crippen LogP contribution in [0, 0.1) is 0 Å². The lowest BCUT2D eigenvalue weighted by Gasteiger charge is -2.22. The van der Waals surface area contributed by atoms with Crippen molar-refractivity contribution in [3.63, 3.8) is 0 Å². The number of rotatable bonds is 7. The molecule has 1 atom stereocenters. The molecule has 0 spiro atoms. The van der Waals surface area contributed by atoms with E-state index >= 15 is 0 Å². The molecule has 0 radical (unpaired) electrons. The summed E-state index contributed by atoms with van der Waals surface area (Å²) in [5, 5.41) is 3.36. The summed E-state index contributed by atoms with van der Waals surface area (Å²) < 4.78 is 5.44. The molecule has 1 unspecified atom stereocenters. The second kappa shape index (κ2) is 7.63. The highest BCUT2D eigenvalue weighted by Crippen LogP contribution is 2.14. The minimum atomic E-state index is 0.591. The van der Waals surface area contributed by atoms with E-state index in [9.17, 15) is 0 Å². The monoisotopic (exact) mass is 262 g/mol. The molecule has 1 aliphatic heterocycles. The summed E-state index contributed by atoms with van der Waals surface area (Å²) in [5.41, 5.74) is 2.80. The normalized spacial score (nSPS) is 19.2. The average Bonchev–Trinajstić information content (AvgIpc) is 2.95. The quantitative estimate of drug-likeness (QED) is 0.761. The van der Waals surface area contributed by atoms with Crippen LogP contribution in [0.15, 0.2) is 24.3 Å². The largest absolute Gasteiger partial charge is 0.380 e. The standard InChI is InChI=1S/C16H26N2O/c1-3-17-10-8-14-4-6-15(7-5-14)12-18(2)16-9-11-19-13-16/h4-7,16-17H,3,8-13H2,1-2H3. The number of ether oxygens (including phenoxy) is 1. The summed E-state index contributed by atoms with van der Waals surface area (Å²) in [6.07, 6.45) is 2.28. The van der Waals surface area contributed by atoms with E-state index in [0.717, 1.165) is 45.7 Å². The number of benzene rings is 1. The zero-order valence-corrected chi connectivity index (χ0v) is 12.2. The third-order valence-electron chi connectivity index (χ3n) is 3.82. The predicted octanol–water partition coefficient (Wildman–Crippen LogP) is 2.06. The van der Waals surface area contributed by atoms with Gasteiger partial charge in [-0.05, 0) is 44.1 Å². The van der Waals surface area contributed by atoms with Crippen molar-refractivity contribution in [3.8, 4) is 0 Å². The highest BCUT2D eigenvalue weighted by atomic mass is 16.5. The van der Waals surface area contributed by atoms with Crippen molar-refractivity contribution in [1.29, 1.82) is 0 Å². The van der Waals surface area contributed by atoms with Crippen LogP contribution in [-0.4, -0.2) is 44.3 Å². The molecule has 2 rings (SSSR count). The van der Waals surface area contributed by atoms with Gasteiger partial charge in [0.1, 0.15) is 0 Å². The molecule has 1 saturated heterocycles. The molecule has 1 N–H and O–H groups in total. The molecule has 3 heteroatoms. The summed E-state index contributed by atoms with van der Waals surface area (Å²) in [6, 6.07) is 9.62. The summed E-state index contributed by atoms with van der Waals surface area (Å²) >= 11 is 0. The lowest BCUT2D eigenvalue weighted by atomic mass is 10.1. The third-order valence-corrected chi connectivity index (χ3v) is 3.82. The van der Waals surface area contributed by atoms with E-state index < -0.39 is 0 Å². The lowest BCUT2D eigenvalue weighted by molar-refractivity contribution is 0.156. The minimum Gasteiger partial charge on any atom is -0.380 e.